The Balaban J connectivity index is 1.65. The van der Waals surface area contributed by atoms with Crippen LogP contribution in [-0.2, 0) is 20.8 Å². The van der Waals surface area contributed by atoms with E-state index in [1.165, 1.54) is 10.4 Å². The molecule has 2 fully saturated rings. The van der Waals surface area contributed by atoms with Gasteiger partial charge >= 0.3 is 0 Å². The molecule has 0 radical (unpaired) electrons. The minimum absolute atomic E-state index is 0.0216. The van der Waals surface area contributed by atoms with Gasteiger partial charge in [-0.05, 0) is 30.4 Å². The van der Waals surface area contributed by atoms with Crippen LogP contribution in [0.5, 0.6) is 0 Å². The van der Waals surface area contributed by atoms with Crippen molar-refractivity contribution in [1.82, 2.24) is 10.2 Å². The van der Waals surface area contributed by atoms with E-state index in [0.29, 0.717) is 19.1 Å². The molecular formula is C17H26N2O3S. The molecular weight excluding hydrogens is 312 g/mol. The molecule has 1 aromatic rings. The maximum Gasteiger partial charge on any atom is 0.224 e. The Morgan fingerprint density at radius 3 is 3.13 bits per heavy atom. The summed E-state index contributed by atoms with van der Waals surface area (Å²) >= 11 is 1.80. The second-order valence-electron chi connectivity index (χ2n) is 6.47. The average Bonchev–Trinajstić information content (AvgIpc) is 3.16. The Morgan fingerprint density at radius 2 is 2.39 bits per heavy atom. The van der Waals surface area contributed by atoms with Crippen LogP contribution in [0.4, 0.5) is 0 Å². The summed E-state index contributed by atoms with van der Waals surface area (Å²) in [5.74, 6) is 0.529. The molecule has 1 N–H and O–H groups in total. The molecule has 1 aromatic heterocycles. The number of carbonyl (C=O) groups excluding carboxylic acids is 1. The van der Waals surface area contributed by atoms with E-state index >= 15 is 0 Å². The molecule has 0 saturated carbocycles. The first kappa shape index (κ1) is 16.9. The number of hydrogen-bond acceptors (Lipinski definition) is 5. The predicted octanol–water partition coefficient (Wildman–Crippen LogP) is 1.66. The Bertz CT molecular complexity index is 534. The molecule has 0 bridgehead atoms. The topological polar surface area (TPSA) is 50.8 Å². The number of hydrogen-bond donors (Lipinski definition) is 1. The molecule has 6 heteroatoms. The predicted molar refractivity (Wildman–Crippen MR) is 90.6 cm³/mol. The number of nitrogens with zero attached hydrogens (tertiary/aromatic N) is 1. The van der Waals surface area contributed by atoms with Crippen molar-refractivity contribution in [3.05, 3.63) is 21.9 Å². The summed E-state index contributed by atoms with van der Waals surface area (Å²) in [5.41, 5.74) is 1.34. The van der Waals surface area contributed by atoms with Crippen molar-refractivity contribution >= 4 is 17.2 Å². The lowest BCUT2D eigenvalue weighted by atomic mass is 9.82. The number of rotatable bonds is 6. The number of amides is 1. The van der Waals surface area contributed by atoms with Crippen LogP contribution in [-0.4, -0.2) is 56.9 Å². The number of likely N-dealkylation sites (tertiary alicyclic amines) is 1. The minimum atomic E-state index is 0.0216. The normalized spacial score (nSPS) is 27.8. The largest absolute Gasteiger partial charge is 0.383 e. The van der Waals surface area contributed by atoms with Gasteiger partial charge in [0.2, 0.25) is 5.91 Å². The molecule has 2 aliphatic rings. The number of carbonyl (C=O) groups is 1. The second kappa shape index (κ2) is 7.75. The van der Waals surface area contributed by atoms with Gasteiger partial charge in [0, 0.05) is 50.7 Å². The van der Waals surface area contributed by atoms with Gasteiger partial charge in [0.25, 0.3) is 0 Å². The van der Waals surface area contributed by atoms with Crippen LogP contribution in [0.3, 0.4) is 0 Å². The lowest BCUT2D eigenvalue weighted by Gasteiger charge is -2.39. The fourth-order valence-electron chi connectivity index (χ4n) is 3.64. The summed E-state index contributed by atoms with van der Waals surface area (Å²) in [6, 6.07) is 2.16. The Kier molecular flexibility index (Phi) is 5.69. The number of aryl methyl sites for hydroxylation is 1. The number of ether oxygens (including phenoxy) is 2. The number of nitrogens with one attached hydrogen (secondary N) is 1. The van der Waals surface area contributed by atoms with E-state index in [1.54, 1.807) is 18.4 Å². The van der Waals surface area contributed by atoms with Crippen molar-refractivity contribution in [2.24, 2.45) is 11.8 Å². The van der Waals surface area contributed by atoms with Gasteiger partial charge in [-0.2, -0.15) is 0 Å². The van der Waals surface area contributed by atoms with Gasteiger partial charge in [-0.15, -0.1) is 11.3 Å². The molecule has 2 aliphatic heterocycles. The highest BCUT2D eigenvalue weighted by Crippen LogP contribution is 2.35. The minimum Gasteiger partial charge on any atom is -0.383 e. The molecule has 0 aliphatic carbocycles. The zero-order valence-electron chi connectivity index (χ0n) is 13.9. The average molecular weight is 338 g/mol. The summed E-state index contributed by atoms with van der Waals surface area (Å²) in [6.45, 7) is 6.74. The van der Waals surface area contributed by atoms with Crippen LogP contribution in [0.1, 0.15) is 16.9 Å². The first-order valence-electron chi connectivity index (χ1n) is 8.32. The number of fused-ring (bicyclic) bond motifs is 1. The maximum atomic E-state index is 12.6. The highest BCUT2D eigenvalue weighted by atomic mass is 32.1. The first-order valence-corrected chi connectivity index (χ1v) is 9.20. The second-order valence-corrected chi connectivity index (χ2v) is 7.47. The fraction of sp³-hybridized carbons (Fsp3) is 0.706. The van der Waals surface area contributed by atoms with Crippen LogP contribution < -0.4 is 5.32 Å². The summed E-state index contributed by atoms with van der Waals surface area (Å²) in [6.07, 6.45) is 1.20. The van der Waals surface area contributed by atoms with Gasteiger partial charge in [0.1, 0.15) is 0 Å². The molecule has 3 atom stereocenters. The molecule has 128 valence electrons. The van der Waals surface area contributed by atoms with E-state index in [1.807, 2.05) is 0 Å². The zero-order chi connectivity index (χ0) is 16.2. The van der Waals surface area contributed by atoms with Gasteiger partial charge in [-0.3, -0.25) is 9.69 Å². The van der Waals surface area contributed by atoms with Crippen molar-refractivity contribution < 1.29 is 14.3 Å². The maximum absolute atomic E-state index is 12.6. The summed E-state index contributed by atoms with van der Waals surface area (Å²) in [5, 5.41) is 5.15. The molecule has 0 spiro atoms. The SMILES string of the molecule is COCCNC(=O)[C@H]1CN(Cc2sccc2C)C[C@H]2OCC[C@@H]12. The standard InChI is InChI=1S/C17H26N2O3S/c1-12-4-8-23-16(12)11-19-9-14(17(20)18-5-7-21-2)13-3-6-22-15(13)10-19/h4,8,13-15H,3,5-7,9-11H2,1-2H3,(H,18,20)/t13-,14-,15+/m0/s1. The molecule has 3 rings (SSSR count). The summed E-state index contributed by atoms with van der Waals surface area (Å²) in [4.78, 5) is 16.4. The number of thiophene rings is 1. The Labute approximate surface area is 142 Å². The van der Waals surface area contributed by atoms with E-state index in [4.69, 9.17) is 9.47 Å². The number of methoxy groups -OCH3 is 1. The van der Waals surface area contributed by atoms with Gasteiger partial charge in [-0.25, -0.2) is 0 Å². The van der Waals surface area contributed by atoms with E-state index in [2.05, 4.69) is 28.6 Å². The molecule has 1 amide bonds. The quantitative estimate of drug-likeness (QED) is 0.802. The van der Waals surface area contributed by atoms with Gasteiger partial charge < -0.3 is 14.8 Å². The highest BCUT2D eigenvalue weighted by molar-refractivity contribution is 7.10. The third-order valence-corrected chi connectivity index (χ3v) is 5.96. The van der Waals surface area contributed by atoms with E-state index < -0.39 is 0 Å². The van der Waals surface area contributed by atoms with Crippen molar-refractivity contribution in [1.29, 1.82) is 0 Å². The fourth-order valence-corrected chi connectivity index (χ4v) is 4.59. The lowest BCUT2D eigenvalue weighted by molar-refractivity contribution is -0.131. The Hall–Kier alpha value is -0.950. The molecule has 2 saturated heterocycles. The van der Waals surface area contributed by atoms with Gasteiger partial charge in [0.15, 0.2) is 0 Å². The van der Waals surface area contributed by atoms with Crippen LogP contribution in [0.25, 0.3) is 0 Å². The van der Waals surface area contributed by atoms with Crippen LogP contribution in [0, 0.1) is 18.8 Å². The molecule has 3 heterocycles. The zero-order valence-corrected chi connectivity index (χ0v) is 14.7. The van der Waals surface area contributed by atoms with Crippen molar-refractivity contribution in [2.75, 3.05) is 40.0 Å². The molecule has 0 unspecified atom stereocenters. The third-order valence-electron chi connectivity index (χ3n) is 4.95. The molecule has 23 heavy (non-hydrogen) atoms. The first-order chi connectivity index (χ1) is 11.2. The van der Waals surface area contributed by atoms with Crippen molar-refractivity contribution in [3.8, 4) is 0 Å². The van der Waals surface area contributed by atoms with Gasteiger partial charge in [0.05, 0.1) is 18.6 Å². The van der Waals surface area contributed by atoms with E-state index in [9.17, 15) is 4.79 Å². The number of piperidine rings is 1. The van der Waals surface area contributed by atoms with Crippen LogP contribution in [0.15, 0.2) is 11.4 Å². The van der Waals surface area contributed by atoms with Crippen LogP contribution in [0.2, 0.25) is 0 Å². The Morgan fingerprint density at radius 1 is 1.52 bits per heavy atom. The molecule has 5 nitrogen and oxygen atoms in total. The van der Waals surface area contributed by atoms with E-state index in [-0.39, 0.29) is 17.9 Å². The monoisotopic (exact) mass is 338 g/mol. The third kappa shape index (κ3) is 3.94. The smallest absolute Gasteiger partial charge is 0.224 e. The highest BCUT2D eigenvalue weighted by Gasteiger charge is 2.43. The van der Waals surface area contributed by atoms with Gasteiger partial charge in [-0.1, -0.05) is 0 Å². The van der Waals surface area contributed by atoms with Crippen molar-refractivity contribution in [3.63, 3.8) is 0 Å². The molecule has 0 aromatic carbocycles. The van der Waals surface area contributed by atoms with Crippen LogP contribution >= 0.6 is 11.3 Å². The lowest BCUT2D eigenvalue weighted by Crippen LogP contribution is -2.52. The summed E-state index contributed by atoms with van der Waals surface area (Å²) in [7, 11) is 1.65. The van der Waals surface area contributed by atoms with Crippen molar-refractivity contribution in [2.45, 2.75) is 26.0 Å². The van der Waals surface area contributed by atoms with E-state index in [0.717, 1.165) is 32.7 Å². The summed E-state index contributed by atoms with van der Waals surface area (Å²) < 4.78 is 10.9.